The minimum absolute atomic E-state index is 0.403. The highest BCUT2D eigenvalue weighted by atomic mass is 31.2. The van der Waals surface area contributed by atoms with E-state index in [9.17, 15) is 29.5 Å². The number of aromatic amines is 1. The van der Waals surface area contributed by atoms with Gasteiger partial charge in [-0.2, -0.15) is 0 Å². The van der Waals surface area contributed by atoms with Gasteiger partial charge in [-0.1, -0.05) is 0 Å². The second-order valence-electron chi connectivity index (χ2n) is 4.25. The van der Waals surface area contributed by atoms with Gasteiger partial charge in [-0.15, -0.1) is 0 Å². The Morgan fingerprint density at radius 2 is 1.91 bits per heavy atom. The van der Waals surface area contributed by atoms with Gasteiger partial charge in [0.05, 0.1) is 13.2 Å². The van der Waals surface area contributed by atoms with Crippen molar-refractivity contribution in [3.8, 4) is 0 Å². The third-order valence-electron chi connectivity index (χ3n) is 2.50. The quantitative estimate of drug-likeness (QED) is 0.231. The molecule has 0 fully saturated rings. The molecule has 0 aliphatic carbocycles. The number of rotatable bonds is 8. The normalized spacial score (nSPS) is 16.0. The summed E-state index contributed by atoms with van der Waals surface area (Å²) in [7, 11) is -4.81. The molecule has 1 heterocycles. The number of aromatic nitrogens is 2. The lowest BCUT2D eigenvalue weighted by atomic mass is 10.1. The summed E-state index contributed by atoms with van der Waals surface area (Å²) in [6.45, 7) is -1.30. The molecule has 0 aromatic carbocycles. The van der Waals surface area contributed by atoms with Crippen molar-refractivity contribution in [1.29, 1.82) is 0 Å². The summed E-state index contributed by atoms with van der Waals surface area (Å²) in [4.78, 5) is 41.0. The number of nitrogens with one attached hydrogen (secondary N) is 2. The molecule has 0 radical (unpaired) electrons. The number of H-pyrrole nitrogens is 1. The molecule has 0 bridgehead atoms. The third-order valence-corrected chi connectivity index (χ3v) is 2.98. The Morgan fingerprint density at radius 3 is 2.45 bits per heavy atom. The molecule has 126 valence electrons. The van der Waals surface area contributed by atoms with E-state index in [4.69, 9.17) is 9.79 Å². The maximum absolute atomic E-state index is 11.3. The summed E-state index contributed by atoms with van der Waals surface area (Å²) < 4.78 is 15.3. The fraction of sp³-hybridized carbons (Fsp3) is 0.556. The molecular weight excluding hydrogens is 325 g/mol. The highest BCUT2D eigenvalue weighted by molar-refractivity contribution is 7.46. The summed E-state index contributed by atoms with van der Waals surface area (Å²) >= 11 is 0. The Bertz CT molecular complexity index is 638. The SMILES string of the molecule is O=c1ccn(NC[C@H](O)[C@H](O)[C@H](O)COP(=O)(O)O)c(=O)[nH]1. The van der Waals surface area contributed by atoms with Crippen molar-refractivity contribution in [1.82, 2.24) is 9.66 Å². The lowest BCUT2D eigenvalue weighted by Gasteiger charge is -2.23. The fourth-order valence-corrected chi connectivity index (χ4v) is 1.73. The number of hydrogen-bond donors (Lipinski definition) is 7. The molecule has 1 aromatic heterocycles. The van der Waals surface area contributed by atoms with Crippen LogP contribution in [0, 0.1) is 0 Å². The first-order valence-corrected chi connectivity index (χ1v) is 7.43. The number of phosphoric ester groups is 1. The van der Waals surface area contributed by atoms with Crippen LogP contribution in [-0.4, -0.2) is 66.2 Å². The Kier molecular flexibility index (Phi) is 6.44. The zero-order valence-corrected chi connectivity index (χ0v) is 12.0. The van der Waals surface area contributed by atoms with Crippen molar-refractivity contribution in [2.75, 3.05) is 18.6 Å². The van der Waals surface area contributed by atoms with Gasteiger partial charge in [0.2, 0.25) is 0 Å². The van der Waals surface area contributed by atoms with Crippen LogP contribution in [0.15, 0.2) is 21.9 Å². The second-order valence-corrected chi connectivity index (χ2v) is 5.49. The highest BCUT2D eigenvalue weighted by Gasteiger charge is 2.27. The summed E-state index contributed by atoms with van der Waals surface area (Å²) in [5.74, 6) is 0. The summed E-state index contributed by atoms with van der Waals surface area (Å²) in [6.07, 6.45) is -4.06. The molecule has 1 aromatic rings. The Hall–Kier alpha value is -1.53. The largest absolute Gasteiger partial charge is 0.469 e. The maximum atomic E-state index is 11.3. The van der Waals surface area contributed by atoms with Gasteiger partial charge in [0, 0.05) is 12.3 Å². The van der Waals surface area contributed by atoms with Crippen LogP contribution in [0.4, 0.5) is 0 Å². The Morgan fingerprint density at radius 1 is 1.27 bits per heavy atom. The van der Waals surface area contributed by atoms with Gasteiger partial charge in [0.1, 0.15) is 18.3 Å². The first-order chi connectivity index (χ1) is 10.1. The lowest BCUT2D eigenvalue weighted by Crippen LogP contribution is -2.46. The Labute approximate surface area is 122 Å². The van der Waals surface area contributed by atoms with Gasteiger partial charge in [0.15, 0.2) is 0 Å². The van der Waals surface area contributed by atoms with Gasteiger partial charge in [-0.25, -0.2) is 14.0 Å². The molecule has 3 atom stereocenters. The molecule has 0 aliphatic heterocycles. The minimum Gasteiger partial charge on any atom is -0.388 e. The molecular formula is C9H16N3O9P. The van der Waals surface area contributed by atoms with Crippen LogP contribution < -0.4 is 16.7 Å². The standard InChI is InChI=1S/C9H16N3O9P/c13-5(8(16)6(14)4-21-22(18,19)20)3-10-12-2-1-7(15)11-9(12)17/h1-2,5-6,8,10,13-14,16H,3-4H2,(H,11,15,17)(H2,18,19,20)/t5-,6+,8-/m0/s1. The van der Waals surface area contributed by atoms with Crippen molar-refractivity contribution in [2.24, 2.45) is 0 Å². The average molecular weight is 341 g/mol. The first-order valence-electron chi connectivity index (χ1n) is 5.90. The molecule has 7 N–H and O–H groups in total. The molecule has 0 amide bonds. The number of hydrogen-bond acceptors (Lipinski definition) is 8. The van der Waals surface area contributed by atoms with E-state index >= 15 is 0 Å². The molecule has 0 saturated carbocycles. The molecule has 0 unspecified atom stereocenters. The first kappa shape index (κ1) is 18.5. The molecule has 13 heteroatoms. The van der Waals surface area contributed by atoms with Gasteiger partial charge in [-0.05, 0) is 0 Å². The molecule has 12 nitrogen and oxygen atoms in total. The van der Waals surface area contributed by atoms with E-state index in [0.29, 0.717) is 0 Å². The molecule has 0 spiro atoms. The van der Waals surface area contributed by atoms with Gasteiger partial charge in [0.25, 0.3) is 5.56 Å². The van der Waals surface area contributed by atoms with Gasteiger partial charge < -0.3 is 30.5 Å². The zero-order chi connectivity index (χ0) is 16.9. The van der Waals surface area contributed by atoms with Gasteiger partial charge >= 0.3 is 13.5 Å². The van der Waals surface area contributed by atoms with Crippen molar-refractivity contribution < 1.29 is 34.2 Å². The molecule has 0 aliphatic rings. The van der Waals surface area contributed by atoms with Crippen LogP contribution >= 0.6 is 7.82 Å². The summed E-state index contributed by atoms with van der Waals surface area (Å²) in [5, 5.41) is 28.6. The van der Waals surface area contributed by atoms with E-state index in [1.54, 1.807) is 0 Å². The summed E-state index contributed by atoms with van der Waals surface area (Å²) in [6, 6.07) is 1.04. The number of nitrogens with zero attached hydrogens (tertiary/aromatic N) is 1. The lowest BCUT2D eigenvalue weighted by molar-refractivity contribution is -0.0712. The van der Waals surface area contributed by atoms with E-state index in [1.807, 2.05) is 4.98 Å². The van der Waals surface area contributed by atoms with Crippen LogP contribution in [0.3, 0.4) is 0 Å². The summed E-state index contributed by atoms with van der Waals surface area (Å²) in [5.41, 5.74) is 0.944. The van der Waals surface area contributed by atoms with Crippen molar-refractivity contribution in [2.45, 2.75) is 18.3 Å². The predicted octanol–water partition coefficient (Wildman–Crippen LogP) is -3.73. The fourth-order valence-electron chi connectivity index (χ4n) is 1.38. The van der Waals surface area contributed by atoms with Crippen LogP contribution in [0.25, 0.3) is 0 Å². The number of aliphatic hydroxyl groups is 3. The minimum atomic E-state index is -4.81. The topological polar surface area (TPSA) is 194 Å². The van der Waals surface area contributed by atoms with Crippen LogP contribution in [0.2, 0.25) is 0 Å². The van der Waals surface area contributed by atoms with Crippen molar-refractivity contribution in [3.05, 3.63) is 33.1 Å². The predicted molar refractivity (Wildman–Crippen MR) is 71.6 cm³/mol. The van der Waals surface area contributed by atoms with Crippen molar-refractivity contribution >= 4 is 7.82 Å². The third kappa shape index (κ3) is 6.07. The van der Waals surface area contributed by atoms with Crippen molar-refractivity contribution in [3.63, 3.8) is 0 Å². The Balaban J connectivity index is 2.53. The van der Waals surface area contributed by atoms with E-state index in [-0.39, 0.29) is 0 Å². The molecule has 0 saturated heterocycles. The highest BCUT2D eigenvalue weighted by Crippen LogP contribution is 2.35. The van der Waals surface area contributed by atoms with E-state index in [2.05, 4.69) is 9.95 Å². The maximum Gasteiger partial charge on any atom is 0.469 e. The molecule has 22 heavy (non-hydrogen) atoms. The smallest absolute Gasteiger partial charge is 0.388 e. The molecule has 1 rings (SSSR count). The van der Waals surface area contributed by atoms with Crippen LogP contribution in [0.1, 0.15) is 0 Å². The number of phosphoric acid groups is 1. The van der Waals surface area contributed by atoms with Crippen LogP contribution in [0.5, 0.6) is 0 Å². The second kappa shape index (κ2) is 7.65. The number of aliphatic hydroxyl groups excluding tert-OH is 3. The van der Waals surface area contributed by atoms with E-state index in [1.165, 1.54) is 0 Å². The van der Waals surface area contributed by atoms with Gasteiger partial charge in [-0.3, -0.25) is 14.3 Å². The average Bonchev–Trinajstić information content (AvgIpc) is 2.41. The van der Waals surface area contributed by atoms with E-state index < -0.39 is 50.5 Å². The monoisotopic (exact) mass is 341 g/mol. The van der Waals surface area contributed by atoms with E-state index in [0.717, 1.165) is 16.9 Å². The zero-order valence-electron chi connectivity index (χ0n) is 11.1. The van der Waals surface area contributed by atoms with Crippen LogP contribution in [-0.2, 0) is 9.09 Å².